The second-order valence-corrected chi connectivity index (χ2v) is 3.24. The molecule has 1 aromatic rings. The van der Waals surface area contributed by atoms with Crippen molar-refractivity contribution in [2.75, 3.05) is 0 Å². The first-order chi connectivity index (χ1) is 6.24. The van der Waals surface area contributed by atoms with Crippen LogP contribution in [0.2, 0.25) is 0 Å². The van der Waals surface area contributed by atoms with Crippen molar-refractivity contribution < 1.29 is 0 Å². The molecule has 0 saturated heterocycles. The maximum absolute atomic E-state index is 2.20. The van der Waals surface area contributed by atoms with Crippen LogP contribution in [0.3, 0.4) is 0 Å². The largest absolute Gasteiger partial charge is 0.0874 e. The molecule has 0 amide bonds. The fourth-order valence-electron chi connectivity index (χ4n) is 1.31. The maximum Gasteiger partial charge on any atom is -0.0225 e. The zero-order valence-electron chi connectivity index (χ0n) is 8.54. The highest BCUT2D eigenvalue weighted by molar-refractivity contribution is 5.58. The zero-order valence-corrected chi connectivity index (χ0v) is 8.54. The summed E-state index contributed by atoms with van der Waals surface area (Å²) in [6, 6.07) is 8.41. The zero-order chi connectivity index (χ0) is 9.68. The van der Waals surface area contributed by atoms with E-state index in [2.05, 4.69) is 56.3 Å². The Morgan fingerprint density at radius 1 is 1.23 bits per heavy atom. The molecule has 0 aliphatic carbocycles. The number of allylic oxidation sites excluding steroid dienone is 3. The molecule has 1 aromatic carbocycles. The molecule has 0 heteroatoms. The summed E-state index contributed by atoms with van der Waals surface area (Å²) in [5.41, 5.74) is 3.92. The van der Waals surface area contributed by atoms with Gasteiger partial charge >= 0.3 is 0 Å². The highest BCUT2D eigenvalue weighted by Crippen LogP contribution is 2.12. The summed E-state index contributed by atoms with van der Waals surface area (Å²) in [7, 11) is 0. The summed E-state index contributed by atoms with van der Waals surface area (Å²) < 4.78 is 0. The van der Waals surface area contributed by atoms with Gasteiger partial charge in [-0.1, -0.05) is 48.1 Å². The van der Waals surface area contributed by atoms with E-state index in [1.54, 1.807) is 0 Å². The Labute approximate surface area is 80.6 Å². The molecule has 0 fully saturated rings. The predicted octanol–water partition coefficient (Wildman–Crippen LogP) is 3.97. The van der Waals surface area contributed by atoms with E-state index >= 15 is 0 Å². The first kappa shape index (κ1) is 9.79. The Morgan fingerprint density at radius 3 is 2.54 bits per heavy atom. The molecule has 68 valence electrons. The Hall–Kier alpha value is -1.30. The summed E-state index contributed by atoms with van der Waals surface area (Å²) in [5.74, 6) is 0. The summed E-state index contributed by atoms with van der Waals surface area (Å²) in [5, 5.41) is 0. The molecule has 0 saturated carbocycles. The topological polar surface area (TPSA) is 0 Å². The number of hydrogen-bond acceptors (Lipinski definition) is 0. The molecule has 0 N–H and O–H groups in total. The molecule has 0 nitrogen and oxygen atoms in total. The van der Waals surface area contributed by atoms with Crippen molar-refractivity contribution in [1.82, 2.24) is 0 Å². The second kappa shape index (κ2) is 4.66. The number of benzene rings is 1. The monoisotopic (exact) mass is 172 g/mol. The molecule has 0 atom stereocenters. The first-order valence-corrected chi connectivity index (χ1v) is 4.60. The fraction of sp³-hybridized carbons (Fsp3) is 0.231. The van der Waals surface area contributed by atoms with E-state index in [0.717, 1.165) is 0 Å². The maximum atomic E-state index is 2.20. The summed E-state index contributed by atoms with van der Waals surface area (Å²) in [6.07, 6.45) is 6.38. The van der Waals surface area contributed by atoms with Crippen LogP contribution in [-0.2, 0) is 0 Å². The Bertz CT molecular complexity index is 330. The molecule has 0 unspecified atom stereocenters. The van der Waals surface area contributed by atoms with Crippen LogP contribution in [0.1, 0.15) is 25.0 Å². The molecule has 0 radical (unpaired) electrons. The van der Waals surface area contributed by atoms with E-state index < -0.39 is 0 Å². The van der Waals surface area contributed by atoms with Crippen LogP contribution in [0.25, 0.3) is 6.08 Å². The number of hydrogen-bond donors (Lipinski definition) is 0. The van der Waals surface area contributed by atoms with Gasteiger partial charge in [-0.05, 0) is 31.9 Å². The van der Waals surface area contributed by atoms with Crippen molar-refractivity contribution in [2.24, 2.45) is 0 Å². The van der Waals surface area contributed by atoms with E-state index in [-0.39, 0.29) is 0 Å². The normalized spacial score (nSPS) is 12.4. The lowest BCUT2D eigenvalue weighted by atomic mass is 10.1. The SMILES string of the molecule is CC=CC(C)=Cc1ccccc1C. The van der Waals surface area contributed by atoms with Crippen LogP contribution >= 0.6 is 0 Å². The predicted molar refractivity (Wildman–Crippen MR) is 59.6 cm³/mol. The van der Waals surface area contributed by atoms with Crippen LogP contribution < -0.4 is 0 Å². The average Bonchev–Trinajstić information content (AvgIpc) is 2.09. The quantitative estimate of drug-likeness (QED) is 0.592. The molecular formula is C13H16. The van der Waals surface area contributed by atoms with Crippen molar-refractivity contribution in [3.8, 4) is 0 Å². The van der Waals surface area contributed by atoms with Crippen molar-refractivity contribution in [3.63, 3.8) is 0 Å². The molecule has 0 aromatic heterocycles. The van der Waals surface area contributed by atoms with E-state index in [1.807, 2.05) is 6.92 Å². The van der Waals surface area contributed by atoms with Crippen molar-refractivity contribution in [1.29, 1.82) is 0 Å². The van der Waals surface area contributed by atoms with Gasteiger partial charge in [0.1, 0.15) is 0 Å². The van der Waals surface area contributed by atoms with Gasteiger partial charge in [0, 0.05) is 0 Å². The Kier molecular flexibility index (Phi) is 3.51. The van der Waals surface area contributed by atoms with Gasteiger partial charge in [0.15, 0.2) is 0 Å². The Balaban J connectivity index is 2.97. The fourth-order valence-corrected chi connectivity index (χ4v) is 1.31. The van der Waals surface area contributed by atoms with Crippen LogP contribution in [-0.4, -0.2) is 0 Å². The first-order valence-electron chi connectivity index (χ1n) is 4.60. The molecule has 13 heavy (non-hydrogen) atoms. The third-order valence-corrected chi connectivity index (χ3v) is 2.00. The Morgan fingerprint density at radius 2 is 1.92 bits per heavy atom. The molecule has 0 heterocycles. The molecule has 0 spiro atoms. The minimum atomic E-state index is 1.29. The summed E-state index contributed by atoms with van der Waals surface area (Å²) >= 11 is 0. The van der Waals surface area contributed by atoms with E-state index in [0.29, 0.717) is 0 Å². The smallest absolute Gasteiger partial charge is 0.0225 e. The van der Waals surface area contributed by atoms with Crippen molar-refractivity contribution >= 4 is 6.08 Å². The molecule has 0 aliphatic heterocycles. The standard InChI is InChI=1S/C13H16/c1-4-7-11(2)10-13-9-6-5-8-12(13)3/h4-10H,1-3H3. The van der Waals surface area contributed by atoms with Gasteiger partial charge in [-0.3, -0.25) is 0 Å². The number of aryl methyl sites for hydroxylation is 1. The minimum absolute atomic E-state index is 1.29. The van der Waals surface area contributed by atoms with E-state index in [4.69, 9.17) is 0 Å². The van der Waals surface area contributed by atoms with Gasteiger partial charge in [0.05, 0.1) is 0 Å². The summed E-state index contributed by atoms with van der Waals surface area (Å²) in [6.45, 7) is 6.29. The highest BCUT2D eigenvalue weighted by atomic mass is 14.0. The highest BCUT2D eigenvalue weighted by Gasteiger charge is 1.91. The van der Waals surface area contributed by atoms with Crippen molar-refractivity contribution in [3.05, 3.63) is 53.1 Å². The van der Waals surface area contributed by atoms with Gasteiger partial charge in [0.2, 0.25) is 0 Å². The van der Waals surface area contributed by atoms with Crippen LogP contribution in [0.15, 0.2) is 42.0 Å². The third kappa shape index (κ3) is 2.90. The minimum Gasteiger partial charge on any atom is -0.0874 e. The summed E-state index contributed by atoms with van der Waals surface area (Å²) in [4.78, 5) is 0. The molecule has 0 aliphatic rings. The molecule has 0 bridgehead atoms. The van der Waals surface area contributed by atoms with E-state index in [9.17, 15) is 0 Å². The lowest BCUT2D eigenvalue weighted by Crippen LogP contribution is -1.79. The average molecular weight is 172 g/mol. The van der Waals surface area contributed by atoms with Gasteiger partial charge in [-0.15, -0.1) is 0 Å². The number of rotatable bonds is 2. The molecule has 1 rings (SSSR count). The second-order valence-electron chi connectivity index (χ2n) is 3.24. The van der Waals surface area contributed by atoms with Gasteiger partial charge in [-0.2, -0.15) is 0 Å². The third-order valence-electron chi connectivity index (χ3n) is 2.00. The molecular weight excluding hydrogens is 156 g/mol. The lowest BCUT2D eigenvalue weighted by molar-refractivity contribution is 1.43. The lowest BCUT2D eigenvalue weighted by Gasteiger charge is -1.99. The van der Waals surface area contributed by atoms with Gasteiger partial charge < -0.3 is 0 Å². The van der Waals surface area contributed by atoms with Crippen LogP contribution in [0, 0.1) is 6.92 Å². The van der Waals surface area contributed by atoms with E-state index in [1.165, 1.54) is 16.7 Å². The van der Waals surface area contributed by atoms with Crippen molar-refractivity contribution in [2.45, 2.75) is 20.8 Å². The van der Waals surface area contributed by atoms with Gasteiger partial charge in [0.25, 0.3) is 0 Å². The van der Waals surface area contributed by atoms with Gasteiger partial charge in [-0.25, -0.2) is 0 Å². The van der Waals surface area contributed by atoms with Crippen LogP contribution in [0.4, 0.5) is 0 Å². The van der Waals surface area contributed by atoms with Crippen LogP contribution in [0.5, 0.6) is 0 Å².